The van der Waals surface area contributed by atoms with Crippen LogP contribution in [0.4, 0.5) is 0 Å². The molecule has 1 unspecified atom stereocenters. The van der Waals surface area contributed by atoms with E-state index in [0.717, 1.165) is 41.7 Å². The van der Waals surface area contributed by atoms with E-state index in [2.05, 4.69) is 15.3 Å². The molecule has 2 aliphatic heterocycles. The number of aromatic amines is 1. The van der Waals surface area contributed by atoms with Crippen LogP contribution < -0.4 is 14.8 Å². The molecule has 0 spiro atoms. The van der Waals surface area contributed by atoms with Crippen LogP contribution in [0, 0.1) is 0 Å². The van der Waals surface area contributed by atoms with Crippen molar-refractivity contribution in [2.45, 2.75) is 6.04 Å². The van der Waals surface area contributed by atoms with Gasteiger partial charge in [0.25, 0.3) is 0 Å². The molecule has 1 fully saturated rings. The van der Waals surface area contributed by atoms with Crippen molar-refractivity contribution >= 4 is 0 Å². The van der Waals surface area contributed by atoms with Crippen molar-refractivity contribution in [1.82, 2.24) is 15.3 Å². The molecule has 6 heteroatoms. The van der Waals surface area contributed by atoms with Gasteiger partial charge in [0.05, 0.1) is 31.1 Å². The van der Waals surface area contributed by atoms with E-state index in [4.69, 9.17) is 14.2 Å². The summed E-state index contributed by atoms with van der Waals surface area (Å²) in [4.78, 5) is 7.81. The normalized spacial score (nSPS) is 21.2. The summed E-state index contributed by atoms with van der Waals surface area (Å²) < 4.78 is 16.6. The zero-order chi connectivity index (χ0) is 14.1. The van der Waals surface area contributed by atoms with Crippen LogP contribution in [0.1, 0.15) is 11.9 Å². The Kier molecular flexibility index (Phi) is 3.25. The summed E-state index contributed by atoms with van der Waals surface area (Å²) in [6.07, 6.45) is 1.84. The zero-order valence-corrected chi connectivity index (χ0v) is 11.6. The summed E-state index contributed by atoms with van der Waals surface area (Å²) in [5, 5.41) is 3.39. The molecule has 21 heavy (non-hydrogen) atoms. The second-order valence-corrected chi connectivity index (χ2v) is 5.12. The van der Waals surface area contributed by atoms with Crippen LogP contribution in [0.2, 0.25) is 0 Å². The smallest absolute Gasteiger partial charge is 0.162 e. The van der Waals surface area contributed by atoms with Gasteiger partial charge in [0.1, 0.15) is 19.0 Å². The molecule has 1 saturated heterocycles. The first-order chi connectivity index (χ1) is 10.4. The SMILES string of the molecule is c1cc2c(cc1-c1cnc(C3COCCN3)[nH]1)OCCO2. The van der Waals surface area contributed by atoms with Gasteiger partial charge in [-0.05, 0) is 18.2 Å². The van der Waals surface area contributed by atoms with E-state index >= 15 is 0 Å². The molecule has 1 atom stereocenters. The summed E-state index contributed by atoms with van der Waals surface area (Å²) in [6.45, 7) is 3.45. The van der Waals surface area contributed by atoms with Crippen LogP contribution in [-0.4, -0.2) is 42.9 Å². The molecule has 3 heterocycles. The summed E-state index contributed by atoms with van der Waals surface area (Å²) in [5.41, 5.74) is 2.00. The molecule has 1 aromatic heterocycles. The van der Waals surface area contributed by atoms with Crippen molar-refractivity contribution < 1.29 is 14.2 Å². The van der Waals surface area contributed by atoms with E-state index in [1.54, 1.807) is 0 Å². The maximum Gasteiger partial charge on any atom is 0.162 e. The first-order valence-electron chi connectivity index (χ1n) is 7.16. The molecular weight excluding hydrogens is 270 g/mol. The van der Waals surface area contributed by atoms with Crippen LogP contribution in [0.15, 0.2) is 24.4 Å². The molecule has 6 nitrogen and oxygen atoms in total. The van der Waals surface area contributed by atoms with Crippen LogP contribution in [0.25, 0.3) is 11.3 Å². The summed E-state index contributed by atoms with van der Waals surface area (Å²) in [6, 6.07) is 6.06. The molecule has 4 rings (SSSR count). The Bertz CT molecular complexity index is 635. The molecule has 0 aliphatic carbocycles. The van der Waals surface area contributed by atoms with Gasteiger partial charge in [-0.1, -0.05) is 0 Å². The first kappa shape index (κ1) is 12.7. The first-order valence-corrected chi connectivity index (χ1v) is 7.16. The predicted molar refractivity (Wildman–Crippen MR) is 76.6 cm³/mol. The number of hydrogen-bond donors (Lipinski definition) is 2. The van der Waals surface area contributed by atoms with E-state index in [-0.39, 0.29) is 6.04 Å². The van der Waals surface area contributed by atoms with Gasteiger partial charge in [0, 0.05) is 12.1 Å². The van der Waals surface area contributed by atoms with Crippen molar-refractivity contribution in [3.05, 3.63) is 30.2 Å². The van der Waals surface area contributed by atoms with E-state index in [9.17, 15) is 0 Å². The molecule has 0 amide bonds. The maximum atomic E-state index is 5.62. The van der Waals surface area contributed by atoms with Gasteiger partial charge >= 0.3 is 0 Å². The minimum atomic E-state index is 0.129. The highest BCUT2D eigenvalue weighted by atomic mass is 16.6. The lowest BCUT2D eigenvalue weighted by molar-refractivity contribution is 0.0745. The number of benzene rings is 1. The Labute approximate surface area is 122 Å². The third kappa shape index (κ3) is 2.48. The molecule has 110 valence electrons. The van der Waals surface area contributed by atoms with Gasteiger partial charge in [-0.3, -0.25) is 0 Å². The lowest BCUT2D eigenvalue weighted by Gasteiger charge is -2.21. The van der Waals surface area contributed by atoms with Crippen LogP contribution in [0.3, 0.4) is 0 Å². The average molecular weight is 287 g/mol. The van der Waals surface area contributed by atoms with Gasteiger partial charge in [-0.2, -0.15) is 0 Å². The maximum absolute atomic E-state index is 5.62. The minimum Gasteiger partial charge on any atom is -0.486 e. The Morgan fingerprint density at radius 2 is 2.00 bits per heavy atom. The molecule has 2 aromatic rings. The minimum absolute atomic E-state index is 0.129. The van der Waals surface area contributed by atoms with Crippen LogP contribution in [-0.2, 0) is 4.74 Å². The van der Waals surface area contributed by atoms with Crippen LogP contribution >= 0.6 is 0 Å². The monoisotopic (exact) mass is 287 g/mol. The largest absolute Gasteiger partial charge is 0.486 e. The summed E-state index contributed by atoms with van der Waals surface area (Å²) in [7, 11) is 0. The number of nitrogens with zero attached hydrogens (tertiary/aromatic N) is 1. The molecule has 0 bridgehead atoms. The Hall–Kier alpha value is -2.05. The van der Waals surface area contributed by atoms with Crippen molar-refractivity contribution in [1.29, 1.82) is 0 Å². The fourth-order valence-electron chi connectivity index (χ4n) is 2.61. The van der Waals surface area contributed by atoms with E-state index in [0.29, 0.717) is 19.8 Å². The molecule has 1 aromatic carbocycles. The number of rotatable bonds is 2. The topological polar surface area (TPSA) is 68.4 Å². The molecule has 0 saturated carbocycles. The Morgan fingerprint density at radius 3 is 2.86 bits per heavy atom. The third-order valence-corrected chi connectivity index (χ3v) is 3.70. The lowest BCUT2D eigenvalue weighted by Crippen LogP contribution is -2.35. The van der Waals surface area contributed by atoms with E-state index < -0.39 is 0 Å². The highest BCUT2D eigenvalue weighted by Gasteiger charge is 2.19. The Balaban J connectivity index is 1.60. The highest BCUT2D eigenvalue weighted by Crippen LogP contribution is 2.34. The van der Waals surface area contributed by atoms with Gasteiger partial charge in [-0.25, -0.2) is 4.98 Å². The van der Waals surface area contributed by atoms with Gasteiger partial charge in [0.15, 0.2) is 11.5 Å². The lowest BCUT2D eigenvalue weighted by atomic mass is 10.1. The number of H-pyrrole nitrogens is 1. The molecular formula is C15H17N3O3. The molecule has 2 aliphatic rings. The Morgan fingerprint density at radius 1 is 1.10 bits per heavy atom. The van der Waals surface area contributed by atoms with Gasteiger partial charge < -0.3 is 24.5 Å². The molecule has 2 N–H and O–H groups in total. The van der Waals surface area contributed by atoms with E-state index in [1.807, 2.05) is 24.4 Å². The number of nitrogens with one attached hydrogen (secondary N) is 2. The fourth-order valence-corrected chi connectivity index (χ4v) is 2.61. The summed E-state index contributed by atoms with van der Waals surface area (Å²) >= 11 is 0. The number of fused-ring (bicyclic) bond motifs is 1. The highest BCUT2D eigenvalue weighted by molar-refractivity contribution is 5.63. The van der Waals surface area contributed by atoms with Crippen molar-refractivity contribution in [2.24, 2.45) is 0 Å². The van der Waals surface area contributed by atoms with Crippen LogP contribution in [0.5, 0.6) is 11.5 Å². The average Bonchev–Trinajstić information content (AvgIpc) is 3.05. The number of morpholine rings is 1. The zero-order valence-electron chi connectivity index (χ0n) is 11.6. The van der Waals surface area contributed by atoms with Crippen molar-refractivity contribution in [2.75, 3.05) is 33.0 Å². The van der Waals surface area contributed by atoms with Crippen molar-refractivity contribution in [3.63, 3.8) is 0 Å². The predicted octanol–water partition coefficient (Wildman–Crippen LogP) is 1.51. The number of aromatic nitrogens is 2. The quantitative estimate of drug-likeness (QED) is 0.876. The van der Waals surface area contributed by atoms with E-state index in [1.165, 1.54) is 0 Å². The number of ether oxygens (including phenoxy) is 3. The second-order valence-electron chi connectivity index (χ2n) is 5.12. The molecule has 0 radical (unpaired) electrons. The third-order valence-electron chi connectivity index (χ3n) is 3.70. The summed E-state index contributed by atoms with van der Waals surface area (Å²) in [5.74, 6) is 2.49. The van der Waals surface area contributed by atoms with Gasteiger partial charge in [-0.15, -0.1) is 0 Å². The number of imidazole rings is 1. The number of hydrogen-bond acceptors (Lipinski definition) is 5. The standard InChI is InChI=1S/C15H17N3O3/c1-2-13-14(21-6-5-20-13)7-10(1)11-8-17-15(18-11)12-9-19-4-3-16-12/h1-2,7-8,12,16H,3-6,9H2,(H,17,18). The fraction of sp³-hybridized carbons (Fsp3) is 0.400. The van der Waals surface area contributed by atoms with Gasteiger partial charge in [0.2, 0.25) is 0 Å². The second kappa shape index (κ2) is 5.38. The van der Waals surface area contributed by atoms with Crippen molar-refractivity contribution in [3.8, 4) is 22.8 Å².